The van der Waals surface area contributed by atoms with Crippen LogP contribution in [0.5, 0.6) is 11.5 Å². The van der Waals surface area contributed by atoms with Crippen molar-refractivity contribution in [1.29, 1.82) is 0 Å². The summed E-state index contributed by atoms with van der Waals surface area (Å²) in [5.74, 6) is 1.49. The van der Waals surface area contributed by atoms with Crippen molar-refractivity contribution in [3.8, 4) is 11.5 Å². The molecule has 0 aliphatic carbocycles. The molecule has 1 aromatic rings. The third-order valence-corrected chi connectivity index (χ3v) is 5.82. The molecule has 0 aromatic heterocycles. The van der Waals surface area contributed by atoms with Crippen LogP contribution in [0.1, 0.15) is 31.2 Å². The van der Waals surface area contributed by atoms with Gasteiger partial charge in [-0.05, 0) is 37.0 Å². The number of ether oxygens (including phenoxy) is 2. The number of hydrogen-bond acceptors (Lipinski definition) is 4. The molecule has 0 radical (unpaired) electrons. The monoisotopic (exact) mass is 340 g/mol. The van der Waals surface area contributed by atoms with Gasteiger partial charge in [0.05, 0.1) is 0 Å². The van der Waals surface area contributed by atoms with E-state index in [0.717, 1.165) is 42.7 Å². The molecule has 1 aromatic carbocycles. The molecule has 0 atom stereocenters. The van der Waals surface area contributed by atoms with Gasteiger partial charge in [0.15, 0.2) is 11.5 Å². The van der Waals surface area contributed by atoms with Crippen molar-refractivity contribution in [3.05, 3.63) is 23.8 Å². The SMILES string of the molecule is O=S(=O)(NCCc1ccc2c(c1)OCCO2)N1CCCCCC1. The average Bonchev–Trinajstić information content (AvgIpc) is 2.84. The van der Waals surface area contributed by atoms with Crippen LogP contribution in [0.25, 0.3) is 0 Å². The van der Waals surface area contributed by atoms with Crippen molar-refractivity contribution in [3.63, 3.8) is 0 Å². The van der Waals surface area contributed by atoms with E-state index in [4.69, 9.17) is 9.47 Å². The summed E-state index contributed by atoms with van der Waals surface area (Å²) in [7, 11) is -3.37. The van der Waals surface area contributed by atoms with Crippen LogP contribution in [0.2, 0.25) is 0 Å². The molecule has 0 amide bonds. The number of nitrogens with zero attached hydrogens (tertiary/aromatic N) is 1. The standard InChI is InChI=1S/C16H24N2O4S/c19-23(20,18-9-3-1-2-4-10-18)17-8-7-14-5-6-15-16(13-14)22-12-11-21-15/h5-6,13,17H,1-4,7-12H2. The fraction of sp³-hybridized carbons (Fsp3) is 0.625. The molecule has 6 nitrogen and oxygen atoms in total. The lowest BCUT2D eigenvalue weighted by Crippen LogP contribution is -2.41. The van der Waals surface area contributed by atoms with E-state index in [-0.39, 0.29) is 0 Å². The molecule has 2 heterocycles. The second-order valence-corrected chi connectivity index (χ2v) is 7.70. The van der Waals surface area contributed by atoms with Gasteiger partial charge in [-0.3, -0.25) is 0 Å². The van der Waals surface area contributed by atoms with Gasteiger partial charge >= 0.3 is 0 Å². The summed E-state index contributed by atoms with van der Waals surface area (Å²) in [5, 5.41) is 0. The summed E-state index contributed by atoms with van der Waals surface area (Å²) in [6.07, 6.45) is 4.75. The zero-order valence-electron chi connectivity index (χ0n) is 13.3. The Bertz CT molecular complexity index is 625. The first-order valence-corrected chi connectivity index (χ1v) is 9.72. The van der Waals surface area contributed by atoms with Crippen molar-refractivity contribution >= 4 is 10.2 Å². The van der Waals surface area contributed by atoms with Crippen LogP contribution in [-0.4, -0.2) is 45.6 Å². The minimum atomic E-state index is -3.37. The van der Waals surface area contributed by atoms with Crippen LogP contribution >= 0.6 is 0 Å². The molecular formula is C16H24N2O4S. The first kappa shape index (κ1) is 16.5. The van der Waals surface area contributed by atoms with Gasteiger partial charge in [-0.2, -0.15) is 12.7 Å². The number of nitrogens with one attached hydrogen (secondary N) is 1. The molecule has 1 fully saturated rings. The Labute approximate surface area is 138 Å². The Kier molecular flexibility index (Phi) is 5.40. The van der Waals surface area contributed by atoms with E-state index in [1.165, 1.54) is 0 Å². The smallest absolute Gasteiger partial charge is 0.279 e. The lowest BCUT2D eigenvalue weighted by atomic mass is 10.1. The van der Waals surface area contributed by atoms with Crippen molar-refractivity contribution in [1.82, 2.24) is 9.03 Å². The van der Waals surface area contributed by atoms with Gasteiger partial charge in [0, 0.05) is 19.6 Å². The third-order valence-electron chi connectivity index (χ3n) is 4.21. The molecule has 1 N–H and O–H groups in total. The van der Waals surface area contributed by atoms with Crippen molar-refractivity contribution in [2.75, 3.05) is 32.8 Å². The van der Waals surface area contributed by atoms with Crippen LogP contribution in [-0.2, 0) is 16.6 Å². The van der Waals surface area contributed by atoms with Crippen LogP contribution in [0.4, 0.5) is 0 Å². The average molecular weight is 340 g/mol. The summed E-state index contributed by atoms with van der Waals surface area (Å²) >= 11 is 0. The van der Waals surface area contributed by atoms with E-state index in [2.05, 4.69) is 4.72 Å². The fourth-order valence-electron chi connectivity index (χ4n) is 2.94. The number of benzene rings is 1. The van der Waals surface area contributed by atoms with E-state index in [9.17, 15) is 8.42 Å². The summed E-state index contributed by atoms with van der Waals surface area (Å²) in [5.41, 5.74) is 1.04. The minimum absolute atomic E-state index is 0.387. The van der Waals surface area contributed by atoms with E-state index < -0.39 is 10.2 Å². The molecule has 1 saturated heterocycles. The van der Waals surface area contributed by atoms with Crippen LogP contribution in [0.3, 0.4) is 0 Å². The number of rotatable bonds is 5. The Balaban J connectivity index is 1.54. The molecule has 2 aliphatic rings. The Hall–Kier alpha value is -1.31. The molecule has 23 heavy (non-hydrogen) atoms. The lowest BCUT2D eigenvalue weighted by Gasteiger charge is -2.21. The molecule has 2 aliphatic heterocycles. The maximum Gasteiger partial charge on any atom is 0.279 e. The fourth-order valence-corrected chi connectivity index (χ4v) is 4.22. The van der Waals surface area contributed by atoms with E-state index >= 15 is 0 Å². The minimum Gasteiger partial charge on any atom is -0.486 e. The highest BCUT2D eigenvalue weighted by Crippen LogP contribution is 2.30. The van der Waals surface area contributed by atoms with Gasteiger partial charge in [-0.25, -0.2) is 4.72 Å². The zero-order chi connectivity index (χ0) is 16.1. The summed E-state index contributed by atoms with van der Waals surface area (Å²) in [6.45, 7) is 2.76. The highest BCUT2D eigenvalue weighted by atomic mass is 32.2. The van der Waals surface area contributed by atoms with E-state index in [0.29, 0.717) is 39.3 Å². The van der Waals surface area contributed by atoms with E-state index in [1.54, 1.807) is 4.31 Å². The van der Waals surface area contributed by atoms with Crippen molar-refractivity contribution < 1.29 is 17.9 Å². The molecule has 7 heteroatoms. The van der Waals surface area contributed by atoms with Gasteiger partial charge in [-0.1, -0.05) is 18.9 Å². The molecular weight excluding hydrogens is 316 g/mol. The maximum absolute atomic E-state index is 12.3. The summed E-state index contributed by atoms with van der Waals surface area (Å²) in [4.78, 5) is 0. The lowest BCUT2D eigenvalue weighted by molar-refractivity contribution is 0.171. The molecule has 0 unspecified atom stereocenters. The molecule has 0 spiro atoms. The predicted molar refractivity (Wildman–Crippen MR) is 88.1 cm³/mol. The largest absolute Gasteiger partial charge is 0.486 e. The second kappa shape index (κ2) is 7.51. The zero-order valence-corrected chi connectivity index (χ0v) is 14.1. The van der Waals surface area contributed by atoms with Crippen LogP contribution in [0, 0.1) is 0 Å². The van der Waals surface area contributed by atoms with Gasteiger partial charge in [-0.15, -0.1) is 0 Å². The molecule has 128 valence electrons. The second-order valence-electron chi connectivity index (χ2n) is 5.94. The van der Waals surface area contributed by atoms with Gasteiger partial charge < -0.3 is 9.47 Å². The maximum atomic E-state index is 12.3. The Morgan fingerprint density at radius 1 is 1.00 bits per heavy atom. The third kappa shape index (κ3) is 4.37. The van der Waals surface area contributed by atoms with E-state index in [1.807, 2.05) is 18.2 Å². The van der Waals surface area contributed by atoms with Crippen LogP contribution in [0.15, 0.2) is 18.2 Å². The molecule has 0 saturated carbocycles. The highest BCUT2D eigenvalue weighted by molar-refractivity contribution is 7.87. The summed E-state index contributed by atoms with van der Waals surface area (Å²) < 4.78 is 40.0. The van der Waals surface area contributed by atoms with Gasteiger partial charge in [0.2, 0.25) is 0 Å². The molecule has 0 bridgehead atoms. The normalized spacial score (nSPS) is 19.3. The quantitative estimate of drug-likeness (QED) is 0.886. The Morgan fingerprint density at radius 2 is 1.70 bits per heavy atom. The highest BCUT2D eigenvalue weighted by Gasteiger charge is 2.22. The molecule has 3 rings (SSSR count). The predicted octanol–water partition coefficient (Wildman–Crippen LogP) is 1.71. The first-order valence-electron chi connectivity index (χ1n) is 8.28. The first-order chi connectivity index (χ1) is 11.1. The van der Waals surface area contributed by atoms with Gasteiger partial charge in [0.1, 0.15) is 13.2 Å². The van der Waals surface area contributed by atoms with Crippen molar-refractivity contribution in [2.45, 2.75) is 32.1 Å². The topological polar surface area (TPSA) is 67.9 Å². The van der Waals surface area contributed by atoms with Gasteiger partial charge in [0.25, 0.3) is 10.2 Å². The number of hydrogen-bond donors (Lipinski definition) is 1. The Morgan fingerprint density at radius 3 is 2.43 bits per heavy atom. The number of fused-ring (bicyclic) bond motifs is 1. The van der Waals surface area contributed by atoms with Crippen LogP contribution < -0.4 is 14.2 Å². The van der Waals surface area contributed by atoms with Crippen molar-refractivity contribution in [2.24, 2.45) is 0 Å². The summed E-state index contributed by atoms with van der Waals surface area (Å²) in [6, 6.07) is 5.76.